The largest absolute Gasteiger partial charge is 0.346 e. The van der Waals surface area contributed by atoms with Crippen molar-refractivity contribution in [2.75, 3.05) is 31.5 Å². The molecule has 0 spiro atoms. The van der Waals surface area contributed by atoms with Gasteiger partial charge in [0.1, 0.15) is 0 Å². The van der Waals surface area contributed by atoms with Gasteiger partial charge in [-0.25, -0.2) is 0 Å². The minimum Gasteiger partial charge on any atom is -0.346 e. The van der Waals surface area contributed by atoms with Crippen molar-refractivity contribution in [1.29, 1.82) is 0 Å². The fraction of sp³-hybridized carbons (Fsp3) is 0.360. The number of nitrogens with zero attached hydrogens (tertiary/aromatic N) is 2. The van der Waals surface area contributed by atoms with Gasteiger partial charge in [-0.2, -0.15) is 0 Å². The number of anilines is 1. The van der Waals surface area contributed by atoms with Gasteiger partial charge in [-0.05, 0) is 63.3 Å². The first kappa shape index (κ1) is 22.6. The Kier molecular flexibility index (Phi) is 7.47. The molecule has 1 heterocycles. The lowest BCUT2D eigenvalue weighted by Gasteiger charge is -2.18. The molecule has 164 valence electrons. The smallest absolute Gasteiger partial charge is 0.251 e. The summed E-state index contributed by atoms with van der Waals surface area (Å²) in [6.07, 6.45) is 2.09. The molecule has 0 fully saturated rings. The highest BCUT2D eigenvalue weighted by atomic mass is 16.2. The van der Waals surface area contributed by atoms with E-state index in [1.807, 2.05) is 50.2 Å². The van der Waals surface area contributed by atoms with Crippen molar-refractivity contribution in [2.45, 2.75) is 34.2 Å². The summed E-state index contributed by atoms with van der Waals surface area (Å²) in [4.78, 5) is 27.1. The van der Waals surface area contributed by atoms with Crippen LogP contribution in [0, 0.1) is 13.8 Å². The van der Waals surface area contributed by atoms with Crippen LogP contribution in [0.5, 0.6) is 0 Å². The Labute approximate surface area is 184 Å². The molecule has 0 saturated heterocycles. The van der Waals surface area contributed by atoms with Crippen molar-refractivity contribution in [3.05, 3.63) is 65.4 Å². The van der Waals surface area contributed by atoms with E-state index in [9.17, 15) is 9.59 Å². The summed E-state index contributed by atoms with van der Waals surface area (Å²) in [5, 5.41) is 6.64. The number of likely N-dealkylation sites (N-methyl/N-ethyl adjacent to an activating group) is 1. The molecule has 0 atom stereocenters. The average Bonchev–Trinajstić information content (AvgIpc) is 3.14. The molecule has 0 aliphatic rings. The second-order valence-corrected chi connectivity index (χ2v) is 7.92. The molecular weight excluding hydrogens is 388 g/mol. The van der Waals surface area contributed by atoms with Crippen LogP contribution in [0.3, 0.4) is 0 Å². The summed E-state index contributed by atoms with van der Waals surface area (Å²) in [5.41, 5.74) is 4.48. The summed E-state index contributed by atoms with van der Waals surface area (Å²) < 4.78 is 2.24. The van der Waals surface area contributed by atoms with Crippen LogP contribution in [0.25, 0.3) is 10.9 Å². The lowest BCUT2D eigenvalue weighted by Crippen LogP contribution is -2.32. The third-order valence-corrected chi connectivity index (χ3v) is 5.50. The van der Waals surface area contributed by atoms with E-state index in [1.165, 1.54) is 0 Å². The van der Waals surface area contributed by atoms with Gasteiger partial charge in [0.25, 0.3) is 5.91 Å². The first-order chi connectivity index (χ1) is 14.9. The van der Waals surface area contributed by atoms with Crippen molar-refractivity contribution < 1.29 is 9.59 Å². The number of nitrogens with one attached hydrogen (secondary N) is 2. The van der Waals surface area contributed by atoms with Crippen LogP contribution in [-0.4, -0.2) is 47.5 Å². The fourth-order valence-electron chi connectivity index (χ4n) is 3.84. The van der Waals surface area contributed by atoms with E-state index in [-0.39, 0.29) is 18.4 Å². The third-order valence-electron chi connectivity index (χ3n) is 5.50. The molecule has 0 saturated carbocycles. The maximum Gasteiger partial charge on any atom is 0.251 e. The van der Waals surface area contributed by atoms with E-state index in [2.05, 4.69) is 46.2 Å². The number of amides is 2. The number of aromatic nitrogens is 1. The predicted octanol–water partition coefficient (Wildman–Crippen LogP) is 3.97. The molecule has 0 aliphatic heterocycles. The number of carbonyl (C=O) groups is 2. The number of hydrogen-bond acceptors (Lipinski definition) is 3. The molecule has 2 N–H and O–H groups in total. The maximum atomic E-state index is 12.3. The number of benzene rings is 2. The number of hydrogen-bond donors (Lipinski definition) is 2. The topological polar surface area (TPSA) is 66.4 Å². The third kappa shape index (κ3) is 5.95. The molecule has 0 bridgehead atoms. The average molecular weight is 421 g/mol. The van der Waals surface area contributed by atoms with E-state index in [0.29, 0.717) is 5.56 Å². The summed E-state index contributed by atoms with van der Waals surface area (Å²) in [7, 11) is 0. The second kappa shape index (κ2) is 10.3. The summed E-state index contributed by atoms with van der Waals surface area (Å²) in [5.74, 6) is -0.499. The van der Waals surface area contributed by atoms with Gasteiger partial charge in [-0.3, -0.25) is 9.59 Å². The summed E-state index contributed by atoms with van der Waals surface area (Å²) in [6, 6.07) is 13.6. The Balaban J connectivity index is 1.57. The van der Waals surface area contributed by atoms with Gasteiger partial charge < -0.3 is 20.1 Å². The molecule has 1 aromatic heterocycles. The van der Waals surface area contributed by atoms with Crippen molar-refractivity contribution in [3.8, 4) is 0 Å². The number of rotatable bonds is 9. The van der Waals surface area contributed by atoms with Gasteiger partial charge in [-0.1, -0.05) is 31.0 Å². The van der Waals surface area contributed by atoms with Gasteiger partial charge >= 0.3 is 0 Å². The first-order valence-corrected chi connectivity index (χ1v) is 10.9. The number of carbonyl (C=O) groups excluding carboxylic acids is 2. The fourth-order valence-corrected chi connectivity index (χ4v) is 3.84. The molecule has 3 aromatic rings. The number of fused-ring (bicyclic) bond motifs is 1. The van der Waals surface area contributed by atoms with E-state index < -0.39 is 0 Å². The quantitative estimate of drug-likeness (QED) is 0.551. The Morgan fingerprint density at radius 1 is 0.968 bits per heavy atom. The van der Waals surface area contributed by atoms with Gasteiger partial charge in [0.05, 0.1) is 6.54 Å². The van der Waals surface area contributed by atoms with E-state index in [4.69, 9.17) is 0 Å². The minimum absolute atomic E-state index is 0.0747. The highest BCUT2D eigenvalue weighted by Crippen LogP contribution is 2.20. The molecule has 2 amide bonds. The molecule has 0 unspecified atom stereocenters. The monoisotopic (exact) mass is 420 g/mol. The standard InChI is InChI=1S/C25H32N4O2/c1-5-28(6-2)11-12-29-10-9-20-16-22(7-8-23(20)29)27-24(30)17-26-25(31)21-14-18(3)13-19(4)15-21/h7-10,13-16H,5-6,11-12,17H2,1-4H3,(H,26,31)(H,27,30). The Hall–Kier alpha value is -3.12. The minimum atomic E-state index is -0.252. The van der Waals surface area contributed by atoms with Crippen LogP contribution in [-0.2, 0) is 11.3 Å². The number of aryl methyl sites for hydroxylation is 2. The van der Waals surface area contributed by atoms with Gasteiger partial charge in [0.15, 0.2) is 0 Å². The zero-order chi connectivity index (χ0) is 22.4. The molecular formula is C25H32N4O2. The predicted molar refractivity (Wildman–Crippen MR) is 127 cm³/mol. The molecule has 0 radical (unpaired) electrons. The second-order valence-electron chi connectivity index (χ2n) is 7.92. The molecule has 2 aromatic carbocycles. The molecule has 6 heteroatoms. The highest BCUT2D eigenvalue weighted by Gasteiger charge is 2.10. The SMILES string of the molecule is CCN(CC)CCn1ccc2cc(NC(=O)CNC(=O)c3cc(C)cc(C)c3)ccc21. The Morgan fingerprint density at radius 2 is 1.68 bits per heavy atom. The first-order valence-electron chi connectivity index (χ1n) is 10.9. The van der Waals surface area contributed by atoms with Crippen molar-refractivity contribution in [1.82, 2.24) is 14.8 Å². The molecule has 3 rings (SSSR count). The maximum absolute atomic E-state index is 12.3. The molecule has 31 heavy (non-hydrogen) atoms. The van der Waals surface area contributed by atoms with Gasteiger partial charge in [0, 0.05) is 41.4 Å². The van der Waals surface area contributed by atoms with Crippen LogP contribution in [0.4, 0.5) is 5.69 Å². The normalized spacial score (nSPS) is 11.1. The van der Waals surface area contributed by atoms with Crippen LogP contribution < -0.4 is 10.6 Å². The van der Waals surface area contributed by atoms with Crippen LogP contribution in [0.15, 0.2) is 48.7 Å². The Bertz CT molecular complexity index is 1050. The van der Waals surface area contributed by atoms with E-state index in [0.717, 1.165) is 53.9 Å². The summed E-state index contributed by atoms with van der Waals surface area (Å²) in [6.45, 7) is 12.2. The van der Waals surface area contributed by atoms with Crippen LogP contribution in [0.1, 0.15) is 35.3 Å². The van der Waals surface area contributed by atoms with Crippen molar-refractivity contribution in [2.24, 2.45) is 0 Å². The van der Waals surface area contributed by atoms with Gasteiger partial charge in [0.2, 0.25) is 5.91 Å². The molecule has 6 nitrogen and oxygen atoms in total. The highest BCUT2D eigenvalue weighted by molar-refractivity contribution is 6.00. The lowest BCUT2D eigenvalue weighted by molar-refractivity contribution is -0.115. The van der Waals surface area contributed by atoms with Crippen LogP contribution >= 0.6 is 0 Å². The van der Waals surface area contributed by atoms with Gasteiger partial charge in [-0.15, -0.1) is 0 Å². The van der Waals surface area contributed by atoms with E-state index in [1.54, 1.807) is 0 Å². The van der Waals surface area contributed by atoms with Crippen molar-refractivity contribution in [3.63, 3.8) is 0 Å². The molecule has 0 aliphatic carbocycles. The lowest BCUT2D eigenvalue weighted by atomic mass is 10.1. The Morgan fingerprint density at radius 3 is 2.35 bits per heavy atom. The van der Waals surface area contributed by atoms with Crippen LogP contribution in [0.2, 0.25) is 0 Å². The zero-order valence-corrected chi connectivity index (χ0v) is 18.9. The zero-order valence-electron chi connectivity index (χ0n) is 18.9. The van der Waals surface area contributed by atoms with Crippen molar-refractivity contribution >= 4 is 28.4 Å². The van der Waals surface area contributed by atoms with E-state index >= 15 is 0 Å². The summed E-state index contributed by atoms with van der Waals surface area (Å²) >= 11 is 0.